The molecule has 1 saturated carbocycles. The molecule has 1 atom stereocenters. The molecule has 0 amide bonds. The van der Waals surface area contributed by atoms with Crippen LogP contribution in [-0.2, 0) is 5.75 Å². The molecule has 3 heteroatoms. The molecule has 0 bridgehead atoms. The van der Waals surface area contributed by atoms with Gasteiger partial charge in [0.2, 0.25) is 0 Å². The molecular weight excluding hydrogens is 264 g/mol. The molecule has 1 N–H and O–H groups in total. The van der Waals surface area contributed by atoms with Crippen LogP contribution in [0.5, 0.6) is 0 Å². The highest BCUT2D eigenvalue weighted by atomic mass is 32.2. The van der Waals surface area contributed by atoms with Crippen LogP contribution in [0.15, 0.2) is 24.3 Å². The summed E-state index contributed by atoms with van der Waals surface area (Å²) in [6, 6.07) is 10.3. The first kappa shape index (κ1) is 14.4. The molecule has 1 aromatic rings. The van der Waals surface area contributed by atoms with E-state index < -0.39 is 0 Å². The number of thioether (sulfide) groups is 1. The van der Waals surface area contributed by atoms with Gasteiger partial charge in [-0.3, -0.25) is 0 Å². The average Bonchev–Trinajstić information content (AvgIpc) is 3.02. The molecule has 1 aliphatic heterocycles. The Morgan fingerprint density at radius 1 is 1.25 bits per heavy atom. The maximum atomic E-state index is 3.77. The first-order chi connectivity index (χ1) is 9.84. The normalized spacial score (nSPS) is 23.2. The first-order valence-corrected chi connectivity index (χ1v) is 9.09. The van der Waals surface area contributed by atoms with Crippen LogP contribution in [0.3, 0.4) is 0 Å². The predicted molar refractivity (Wildman–Crippen MR) is 88.2 cm³/mol. The summed E-state index contributed by atoms with van der Waals surface area (Å²) in [6.07, 6.45) is 5.65. The van der Waals surface area contributed by atoms with Crippen LogP contribution in [0.2, 0.25) is 0 Å². The van der Waals surface area contributed by atoms with E-state index in [1.165, 1.54) is 54.9 Å². The zero-order valence-electron chi connectivity index (χ0n) is 12.5. The van der Waals surface area contributed by atoms with Crippen LogP contribution in [0.1, 0.15) is 42.9 Å². The third-order valence-corrected chi connectivity index (χ3v) is 5.86. The SMILES string of the molecule is CN(CCNC1CSCc2ccccc21)C1CCCC1. The van der Waals surface area contributed by atoms with Crippen LogP contribution in [0.4, 0.5) is 0 Å². The molecule has 3 rings (SSSR count). The van der Waals surface area contributed by atoms with Crippen LogP contribution >= 0.6 is 11.8 Å². The van der Waals surface area contributed by atoms with Crippen molar-refractivity contribution in [2.75, 3.05) is 25.9 Å². The number of fused-ring (bicyclic) bond motifs is 1. The van der Waals surface area contributed by atoms with Crippen LogP contribution in [-0.4, -0.2) is 36.8 Å². The molecule has 20 heavy (non-hydrogen) atoms. The van der Waals surface area contributed by atoms with Crippen molar-refractivity contribution in [2.24, 2.45) is 0 Å². The van der Waals surface area contributed by atoms with Crippen molar-refractivity contribution in [3.8, 4) is 0 Å². The Kier molecular flexibility index (Phi) is 5.03. The molecular formula is C17H26N2S. The smallest absolute Gasteiger partial charge is 0.0415 e. The minimum Gasteiger partial charge on any atom is -0.308 e. The minimum absolute atomic E-state index is 0.543. The van der Waals surface area contributed by atoms with Crippen molar-refractivity contribution >= 4 is 11.8 Å². The summed E-state index contributed by atoms with van der Waals surface area (Å²) in [7, 11) is 2.29. The lowest BCUT2D eigenvalue weighted by atomic mass is 10.0. The third-order valence-electron chi connectivity index (χ3n) is 4.78. The van der Waals surface area contributed by atoms with E-state index in [0.29, 0.717) is 6.04 Å². The Hall–Kier alpha value is -0.510. The fourth-order valence-corrected chi connectivity index (χ4v) is 4.63. The van der Waals surface area contributed by atoms with Gasteiger partial charge in [-0.15, -0.1) is 0 Å². The second-order valence-corrected chi connectivity index (χ2v) is 7.17. The van der Waals surface area contributed by atoms with Gasteiger partial charge in [-0.1, -0.05) is 37.1 Å². The van der Waals surface area contributed by atoms with E-state index in [9.17, 15) is 0 Å². The first-order valence-electron chi connectivity index (χ1n) is 7.94. The van der Waals surface area contributed by atoms with Gasteiger partial charge >= 0.3 is 0 Å². The number of nitrogens with one attached hydrogen (secondary N) is 1. The molecule has 1 aliphatic carbocycles. The number of nitrogens with zero attached hydrogens (tertiary/aromatic N) is 1. The summed E-state index contributed by atoms with van der Waals surface area (Å²) in [6.45, 7) is 2.28. The predicted octanol–water partition coefficient (Wildman–Crippen LogP) is 3.44. The molecule has 1 fully saturated rings. The van der Waals surface area contributed by atoms with E-state index in [1.807, 2.05) is 0 Å². The molecule has 1 unspecified atom stereocenters. The minimum atomic E-state index is 0.543. The largest absolute Gasteiger partial charge is 0.308 e. The lowest BCUT2D eigenvalue weighted by Gasteiger charge is -2.28. The molecule has 2 aliphatic rings. The maximum Gasteiger partial charge on any atom is 0.0415 e. The standard InChI is InChI=1S/C17H26N2S/c1-19(15-7-3-4-8-15)11-10-18-17-13-20-12-14-6-2-5-9-16(14)17/h2,5-6,9,15,17-18H,3-4,7-8,10-13H2,1H3. The maximum absolute atomic E-state index is 3.77. The summed E-state index contributed by atoms with van der Waals surface area (Å²) in [5.74, 6) is 2.39. The van der Waals surface area contributed by atoms with Gasteiger partial charge in [-0.2, -0.15) is 11.8 Å². The average molecular weight is 290 g/mol. The summed E-state index contributed by atoms with van der Waals surface area (Å²) in [5.41, 5.74) is 3.04. The number of hydrogen-bond donors (Lipinski definition) is 1. The highest BCUT2D eigenvalue weighted by Crippen LogP contribution is 2.31. The van der Waals surface area contributed by atoms with Gasteiger partial charge in [0, 0.05) is 36.7 Å². The second-order valence-electron chi connectivity index (χ2n) is 6.14. The van der Waals surface area contributed by atoms with Crippen molar-refractivity contribution in [2.45, 2.75) is 43.5 Å². The van der Waals surface area contributed by atoms with E-state index in [1.54, 1.807) is 0 Å². The Morgan fingerprint density at radius 3 is 2.90 bits per heavy atom. The third kappa shape index (κ3) is 3.38. The van der Waals surface area contributed by atoms with E-state index in [0.717, 1.165) is 12.6 Å². The zero-order valence-corrected chi connectivity index (χ0v) is 13.3. The topological polar surface area (TPSA) is 15.3 Å². The molecule has 0 saturated heterocycles. The van der Waals surface area contributed by atoms with Crippen LogP contribution < -0.4 is 5.32 Å². The molecule has 1 heterocycles. The van der Waals surface area contributed by atoms with Gasteiger partial charge in [0.1, 0.15) is 0 Å². The molecule has 110 valence electrons. The van der Waals surface area contributed by atoms with Crippen molar-refractivity contribution in [3.63, 3.8) is 0 Å². The van der Waals surface area contributed by atoms with Gasteiger partial charge in [0.25, 0.3) is 0 Å². The fourth-order valence-electron chi connectivity index (χ4n) is 3.49. The van der Waals surface area contributed by atoms with Gasteiger partial charge in [0.15, 0.2) is 0 Å². The summed E-state index contributed by atoms with van der Waals surface area (Å²) >= 11 is 2.05. The summed E-state index contributed by atoms with van der Waals surface area (Å²) in [5, 5.41) is 3.77. The fraction of sp³-hybridized carbons (Fsp3) is 0.647. The second kappa shape index (κ2) is 6.97. The number of hydrogen-bond acceptors (Lipinski definition) is 3. The van der Waals surface area contributed by atoms with E-state index in [-0.39, 0.29) is 0 Å². The Balaban J connectivity index is 1.49. The summed E-state index contributed by atoms with van der Waals surface area (Å²) in [4.78, 5) is 2.56. The zero-order chi connectivity index (χ0) is 13.8. The van der Waals surface area contributed by atoms with Gasteiger partial charge in [-0.25, -0.2) is 0 Å². The van der Waals surface area contributed by atoms with Crippen molar-refractivity contribution < 1.29 is 0 Å². The van der Waals surface area contributed by atoms with Gasteiger partial charge in [0.05, 0.1) is 0 Å². The molecule has 1 aromatic carbocycles. The highest BCUT2D eigenvalue weighted by molar-refractivity contribution is 7.98. The highest BCUT2D eigenvalue weighted by Gasteiger charge is 2.21. The van der Waals surface area contributed by atoms with E-state index >= 15 is 0 Å². The quantitative estimate of drug-likeness (QED) is 0.894. The molecule has 0 radical (unpaired) electrons. The monoisotopic (exact) mass is 290 g/mol. The lowest BCUT2D eigenvalue weighted by molar-refractivity contribution is 0.243. The molecule has 0 spiro atoms. The number of likely N-dealkylation sites (N-methyl/N-ethyl adjacent to an activating group) is 1. The van der Waals surface area contributed by atoms with Crippen LogP contribution in [0.25, 0.3) is 0 Å². The van der Waals surface area contributed by atoms with Crippen molar-refractivity contribution in [1.82, 2.24) is 10.2 Å². The Labute approximate surface area is 127 Å². The lowest BCUT2D eigenvalue weighted by Crippen LogP contribution is -2.37. The Morgan fingerprint density at radius 2 is 2.05 bits per heavy atom. The van der Waals surface area contributed by atoms with Crippen molar-refractivity contribution in [1.29, 1.82) is 0 Å². The molecule has 2 nitrogen and oxygen atoms in total. The van der Waals surface area contributed by atoms with E-state index in [2.05, 4.69) is 53.3 Å². The van der Waals surface area contributed by atoms with Gasteiger partial charge < -0.3 is 10.2 Å². The number of benzene rings is 1. The number of rotatable bonds is 5. The van der Waals surface area contributed by atoms with Crippen molar-refractivity contribution in [3.05, 3.63) is 35.4 Å². The summed E-state index contributed by atoms with van der Waals surface area (Å²) < 4.78 is 0. The Bertz CT molecular complexity index is 429. The van der Waals surface area contributed by atoms with E-state index in [4.69, 9.17) is 0 Å². The van der Waals surface area contributed by atoms with Crippen LogP contribution in [0, 0.1) is 0 Å². The molecule has 0 aromatic heterocycles. The van der Waals surface area contributed by atoms with Gasteiger partial charge in [-0.05, 0) is 31.0 Å².